The SMILES string of the molecule is COc1ccccc1NC(=O)c1csc(Nc2ccc(OC(F)F)cc2)n1. The summed E-state index contributed by atoms with van der Waals surface area (Å²) >= 11 is 1.24. The van der Waals surface area contributed by atoms with Crippen LogP contribution in [0, 0.1) is 0 Å². The number of ether oxygens (including phenoxy) is 2. The van der Waals surface area contributed by atoms with Gasteiger partial charge in [-0.05, 0) is 36.4 Å². The maximum absolute atomic E-state index is 12.4. The van der Waals surface area contributed by atoms with Crippen molar-refractivity contribution in [2.45, 2.75) is 6.61 Å². The van der Waals surface area contributed by atoms with Crippen molar-refractivity contribution in [1.82, 2.24) is 4.98 Å². The Hall–Kier alpha value is -3.20. The van der Waals surface area contributed by atoms with E-state index in [1.807, 2.05) is 0 Å². The molecule has 2 aromatic carbocycles. The number of hydrogen-bond acceptors (Lipinski definition) is 6. The van der Waals surface area contributed by atoms with E-state index in [0.29, 0.717) is 22.3 Å². The van der Waals surface area contributed by atoms with Crippen LogP contribution in [0.5, 0.6) is 11.5 Å². The number of rotatable bonds is 7. The summed E-state index contributed by atoms with van der Waals surface area (Å²) in [7, 11) is 1.52. The van der Waals surface area contributed by atoms with Crippen LogP contribution in [-0.4, -0.2) is 24.6 Å². The quantitative estimate of drug-likeness (QED) is 0.608. The van der Waals surface area contributed by atoms with E-state index in [4.69, 9.17) is 4.74 Å². The molecule has 0 aliphatic carbocycles. The molecule has 0 aliphatic rings. The third-order valence-electron chi connectivity index (χ3n) is 3.42. The summed E-state index contributed by atoms with van der Waals surface area (Å²) in [5.74, 6) is 0.238. The molecule has 0 radical (unpaired) electrons. The fourth-order valence-corrected chi connectivity index (χ4v) is 2.92. The van der Waals surface area contributed by atoms with Crippen molar-refractivity contribution in [3.63, 3.8) is 0 Å². The second-order valence-electron chi connectivity index (χ2n) is 5.22. The van der Waals surface area contributed by atoms with Crippen molar-refractivity contribution in [2.24, 2.45) is 0 Å². The largest absolute Gasteiger partial charge is 0.495 e. The summed E-state index contributed by atoms with van der Waals surface area (Å²) < 4.78 is 33.8. The van der Waals surface area contributed by atoms with Gasteiger partial charge >= 0.3 is 6.61 Å². The molecule has 0 fully saturated rings. The van der Waals surface area contributed by atoms with Crippen molar-refractivity contribution in [3.8, 4) is 11.5 Å². The van der Waals surface area contributed by atoms with Crippen molar-refractivity contribution in [1.29, 1.82) is 0 Å². The highest BCUT2D eigenvalue weighted by Crippen LogP contribution is 2.26. The van der Waals surface area contributed by atoms with Crippen molar-refractivity contribution >= 4 is 33.8 Å². The molecule has 0 saturated heterocycles. The minimum absolute atomic E-state index is 0.0616. The highest BCUT2D eigenvalue weighted by Gasteiger charge is 2.13. The van der Waals surface area contributed by atoms with Crippen LogP contribution in [0.4, 0.5) is 25.3 Å². The second kappa shape index (κ2) is 8.45. The van der Waals surface area contributed by atoms with Gasteiger partial charge in [-0.15, -0.1) is 11.3 Å². The van der Waals surface area contributed by atoms with Gasteiger partial charge in [0.2, 0.25) is 0 Å². The van der Waals surface area contributed by atoms with Crippen LogP contribution in [0.2, 0.25) is 0 Å². The Balaban J connectivity index is 1.65. The highest BCUT2D eigenvalue weighted by atomic mass is 32.1. The van der Waals surface area contributed by atoms with Crippen LogP contribution in [0.15, 0.2) is 53.9 Å². The van der Waals surface area contributed by atoms with Crippen LogP contribution < -0.4 is 20.1 Å². The lowest BCUT2D eigenvalue weighted by molar-refractivity contribution is -0.0498. The third-order valence-corrected chi connectivity index (χ3v) is 4.18. The van der Waals surface area contributed by atoms with Crippen LogP contribution in [-0.2, 0) is 0 Å². The molecule has 0 atom stereocenters. The lowest BCUT2D eigenvalue weighted by Crippen LogP contribution is -2.13. The number of nitrogens with one attached hydrogen (secondary N) is 2. The lowest BCUT2D eigenvalue weighted by atomic mass is 10.3. The summed E-state index contributed by atoms with van der Waals surface area (Å²) in [4.78, 5) is 16.6. The van der Waals surface area contributed by atoms with E-state index in [0.717, 1.165) is 0 Å². The number of methoxy groups -OCH3 is 1. The molecule has 0 spiro atoms. The maximum atomic E-state index is 12.4. The van der Waals surface area contributed by atoms with Crippen LogP contribution >= 0.6 is 11.3 Å². The van der Waals surface area contributed by atoms with Crippen molar-refractivity contribution < 1.29 is 23.0 Å². The fourth-order valence-electron chi connectivity index (χ4n) is 2.21. The number of hydrogen-bond donors (Lipinski definition) is 2. The molecule has 0 saturated carbocycles. The van der Waals surface area contributed by atoms with E-state index in [1.165, 1.54) is 30.6 Å². The molecule has 140 valence electrons. The van der Waals surface area contributed by atoms with Crippen LogP contribution in [0.1, 0.15) is 10.5 Å². The smallest absolute Gasteiger partial charge is 0.387 e. The first-order valence-electron chi connectivity index (χ1n) is 7.77. The summed E-state index contributed by atoms with van der Waals surface area (Å²) in [5, 5.41) is 7.85. The zero-order chi connectivity index (χ0) is 19.2. The Labute approximate surface area is 157 Å². The minimum Gasteiger partial charge on any atom is -0.495 e. The van der Waals surface area contributed by atoms with Crippen LogP contribution in [0.3, 0.4) is 0 Å². The van der Waals surface area contributed by atoms with Crippen molar-refractivity contribution in [3.05, 3.63) is 59.6 Å². The number of thiazole rings is 1. The van der Waals surface area contributed by atoms with Gasteiger partial charge in [0.15, 0.2) is 5.13 Å². The first-order valence-corrected chi connectivity index (χ1v) is 8.65. The lowest BCUT2D eigenvalue weighted by Gasteiger charge is -2.08. The minimum atomic E-state index is -2.87. The van der Waals surface area contributed by atoms with Gasteiger partial charge < -0.3 is 20.1 Å². The number of aromatic nitrogens is 1. The molecule has 1 heterocycles. The molecule has 1 amide bonds. The van der Waals surface area contributed by atoms with E-state index in [2.05, 4.69) is 20.4 Å². The molecule has 3 aromatic rings. The molecule has 6 nitrogen and oxygen atoms in total. The molecule has 0 unspecified atom stereocenters. The molecule has 27 heavy (non-hydrogen) atoms. The van der Waals surface area contributed by atoms with Gasteiger partial charge in [-0.25, -0.2) is 4.98 Å². The van der Waals surface area contributed by atoms with Crippen molar-refractivity contribution in [2.75, 3.05) is 17.7 Å². The van der Waals surface area contributed by atoms with E-state index in [9.17, 15) is 13.6 Å². The molecule has 0 bridgehead atoms. The van der Waals surface area contributed by atoms with E-state index in [1.54, 1.807) is 41.8 Å². The predicted molar refractivity (Wildman–Crippen MR) is 99.4 cm³/mol. The molecular formula is C18H15F2N3O3S. The Kier molecular flexibility index (Phi) is 5.82. The molecule has 0 aliphatic heterocycles. The summed E-state index contributed by atoms with van der Waals surface area (Å²) in [6.45, 7) is -2.87. The van der Waals surface area contributed by atoms with E-state index < -0.39 is 6.61 Å². The number of amides is 1. The number of para-hydroxylation sites is 2. The average molecular weight is 391 g/mol. The number of carbonyl (C=O) groups is 1. The number of anilines is 3. The number of alkyl halides is 2. The van der Waals surface area contributed by atoms with E-state index >= 15 is 0 Å². The number of carbonyl (C=O) groups excluding carboxylic acids is 1. The fraction of sp³-hybridized carbons (Fsp3) is 0.111. The van der Waals surface area contributed by atoms with Gasteiger partial charge in [-0.3, -0.25) is 4.79 Å². The molecule has 3 rings (SSSR count). The van der Waals surface area contributed by atoms with Gasteiger partial charge in [0, 0.05) is 11.1 Å². The highest BCUT2D eigenvalue weighted by molar-refractivity contribution is 7.14. The average Bonchev–Trinajstić information content (AvgIpc) is 3.12. The molecule has 9 heteroatoms. The van der Waals surface area contributed by atoms with Gasteiger partial charge in [-0.2, -0.15) is 8.78 Å². The maximum Gasteiger partial charge on any atom is 0.387 e. The Morgan fingerprint density at radius 3 is 2.59 bits per heavy atom. The Morgan fingerprint density at radius 1 is 1.15 bits per heavy atom. The summed E-state index contributed by atoms with van der Waals surface area (Å²) in [6, 6.07) is 13.0. The normalized spacial score (nSPS) is 10.5. The molecule has 1 aromatic heterocycles. The first-order chi connectivity index (χ1) is 13.0. The predicted octanol–water partition coefficient (Wildman–Crippen LogP) is 4.75. The number of nitrogens with zero attached hydrogens (tertiary/aromatic N) is 1. The number of halogens is 2. The van der Waals surface area contributed by atoms with E-state index in [-0.39, 0.29) is 17.4 Å². The van der Waals surface area contributed by atoms with Gasteiger partial charge in [0.05, 0.1) is 12.8 Å². The molecular weight excluding hydrogens is 376 g/mol. The monoisotopic (exact) mass is 391 g/mol. The summed E-state index contributed by atoms with van der Waals surface area (Å²) in [5.41, 5.74) is 1.41. The topological polar surface area (TPSA) is 72.5 Å². The standard InChI is InChI=1S/C18H15F2N3O3S/c1-25-15-5-3-2-4-13(15)22-16(24)14-10-27-18(23-14)21-11-6-8-12(9-7-11)26-17(19)20/h2-10,17H,1H3,(H,21,23)(H,22,24). The zero-order valence-corrected chi connectivity index (χ0v) is 14.9. The third kappa shape index (κ3) is 4.91. The first kappa shape index (κ1) is 18.6. The van der Waals surface area contributed by atoms with Gasteiger partial charge in [0.1, 0.15) is 17.2 Å². The van der Waals surface area contributed by atoms with Gasteiger partial charge in [-0.1, -0.05) is 12.1 Å². The van der Waals surface area contributed by atoms with Gasteiger partial charge in [0.25, 0.3) is 5.91 Å². The zero-order valence-electron chi connectivity index (χ0n) is 14.1. The van der Waals surface area contributed by atoms with Crippen LogP contribution in [0.25, 0.3) is 0 Å². The number of benzene rings is 2. The second-order valence-corrected chi connectivity index (χ2v) is 6.08. The Morgan fingerprint density at radius 2 is 1.89 bits per heavy atom. The summed E-state index contributed by atoms with van der Waals surface area (Å²) in [6.07, 6.45) is 0. The molecule has 2 N–H and O–H groups in total. The Bertz CT molecular complexity index is 916.